The van der Waals surface area contributed by atoms with Crippen molar-refractivity contribution in [3.05, 3.63) is 0 Å². The maximum absolute atomic E-state index is 10.9. The van der Waals surface area contributed by atoms with Gasteiger partial charge in [-0.2, -0.15) is 0 Å². The van der Waals surface area contributed by atoms with Gasteiger partial charge in [-0.1, -0.05) is 63.7 Å². The van der Waals surface area contributed by atoms with Crippen molar-refractivity contribution in [1.82, 2.24) is 0 Å². The molecule has 0 aliphatic carbocycles. The first-order valence-electron chi connectivity index (χ1n) is 7.30. The van der Waals surface area contributed by atoms with Gasteiger partial charge in [-0.15, -0.1) is 0 Å². The van der Waals surface area contributed by atoms with Crippen molar-refractivity contribution in [1.29, 1.82) is 0 Å². The van der Waals surface area contributed by atoms with Gasteiger partial charge in [-0.3, -0.25) is 4.79 Å². The van der Waals surface area contributed by atoms with E-state index in [-0.39, 0.29) is 5.92 Å². The summed E-state index contributed by atoms with van der Waals surface area (Å²) in [6.07, 6.45) is 8.76. The van der Waals surface area contributed by atoms with Gasteiger partial charge in [0.25, 0.3) is 0 Å². The lowest BCUT2D eigenvalue weighted by Crippen LogP contribution is -2.36. The normalized spacial score (nSPS) is 29.2. The molecular weight excluding hydrogens is 228 g/mol. The van der Waals surface area contributed by atoms with Gasteiger partial charge in [0.15, 0.2) is 0 Å². The van der Waals surface area contributed by atoms with Gasteiger partial charge < -0.3 is 5.11 Å². The molecule has 0 unspecified atom stereocenters. The number of hydrogen-bond acceptors (Lipinski definition) is 1. The molecule has 0 radical (unpaired) electrons. The topological polar surface area (TPSA) is 37.3 Å². The van der Waals surface area contributed by atoms with E-state index in [1.54, 1.807) is 0 Å². The van der Waals surface area contributed by atoms with Crippen LogP contribution in [0.3, 0.4) is 0 Å². The van der Waals surface area contributed by atoms with Gasteiger partial charge in [0.05, 0.1) is 14.0 Å². The first-order chi connectivity index (χ1) is 8.07. The van der Waals surface area contributed by atoms with Crippen LogP contribution < -0.4 is 0 Å². The second-order valence-corrected chi connectivity index (χ2v) is 11.2. The van der Waals surface area contributed by atoms with E-state index >= 15 is 0 Å². The summed E-state index contributed by atoms with van der Waals surface area (Å²) in [5, 5.41) is 9.00. The van der Waals surface area contributed by atoms with Crippen LogP contribution in [-0.2, 0) is 4.79 Å². The maximum atomic E-state index is 10.9. The third-order valence-corrected chi connectivity index (χ3v) is 8.98. The summed E-state index contributed by atoms with van der Waals surface area (Å²) in [6.45, 7) is 4.74. The minimum absolute atomic E-state index is 0.0318. The number of carboxylic acid groups (broad SMARTS) is 1. The van der Waals surface area contributed by atoms with Crippen molar-refractivity contribution in [2.75, 3.05) is 0 Å². The summed E-state index contributed by atoms with van der Waals surface area (Å²) in [4.78, 5) is 10.9. The summed E-state index contributed by atoms with van der Waals surface area (Å²) in [7, 11) is -1.05. The second-order valence-electron chi connectivity index (χ2n) is 6.09. The Bertz CT molecular complexity index is 232. The molecule has 1 fully saturated rings. The smallest absolute Gasteiger partial charge is 0.306 e. The quantitative estimate of drug-likeness (QED) is 0.537. The molecule has 17 heavy (non-hydrogen) atoms. The standard InChI is InChI=1S/C14H28O2Si/c1-3-4-5-6-7-10-17(2)11-8-13(9-12-17)14(15)16/h13H,3-12H2,1-2H3,(H,15,16)/t13-,17-. The van der Waals surface area contributed by atoms with E-state index in [1.165, 1.54) is 50.2 Å². The van der Waals surface area contributed by atoms with Gasteiger partial charge in [-0.05, 0) is 12.8 Å². The molecular formula is C14H28O2Si. The summed E-state index contributed by atoms with van der Waals surface area (Å²) in [5.41, 5.74) is 0. The Morgan fingerprint density at radius 1 is 1.18 bits per heavy atom. The maximum Gasteiger partial charge on any atom is 0.306 e. The molecule has 1 aliphatic rings. The Labute approximate surface area is 107 Å². The lowest BCUT2D eigenvalue weighted by atomic mass is 10.0. The van der Waals surface area contributed by atoms with Crippen LogP contribution in [0.4, 0.5) is 0 Å². The number of carbonyl (C=O) groups is 1. The van der Waals surface area contributed by atoms with Crippen LogP contribution >= 0.6 is 0 Å². The molecule has 1 N–H and O–H groups in total. The number of rotatable bonds is 7. The zero-order chi connectivity index (χ0) is 12.7. The molecule has 0 bridgehead atoms. The lowest BCUT2D eigenvalue weighted by Gasteiger charge is -2.34. The molecule has 1 saturated heterocycles. The van der Waals surface area contributed by atoms with Crippen molar-refractivity contribution < 1.29 is 9.90 Å². The summed E-state index contributed by atoms with van der Waals surface area (Å²) >= 11 is 0. The average molecular weight is 256 g/mol. The van der Waals surface area contributed by atoms with Crippen LogP contribution in [0.25, 0.3) is 0 Å². The Morgan fingerprint density at radius 2 is 1.76 bits per heavy atom. The first kappa shape index (κ1) is 14.7. The van der Waals surface area contributed by atoms with Crippen LogP contribution in [0, 0.1) is 5.92 Å². The fourth-order valence-corrected chi connectivity index (χ4v) is 6.91. The molecule has 3 heteroatoms. The largest absolute Gasteiger partial charge is 0.481 e. The molecule has 0 saturated carbocycles. The first-order valence-corrected chi connectivity index (χ1v) is 10.4. The van der Waals surface area contributed by atoms with Crippen molar-refractivity contribution in [2.45, 2.75) is 76.5 Å². The second kappa shape index (κ2) is 7.19. The number of carboxylic acids is 1. The zero-order valence-electron chi connectivity index (χ0n) is 11.5. The molecule has 0 aromatic rings. The molecule has 0 aromatic heterocycles. The summed E-state index contributed by atoms with van der Waals surface area (Å²) in [6, 6.07) is 3.93. The molecule has 1 heterocycles. The van der Waals surface area contributed by atoms with E-state index in [0.717, 1.165) is 12.8 Å². The average Bonchev–Trinajstić information content (AvgIpc) is 2.29. The summed E-state index contributed by atoms with van der Waals surface area (Å²) in [5.74, 6) is -0.598. The van der Waals surface area contributed by atoms with E-state index in [1.807, 2.05) is 0 Å². The van der Waals surface area contributed by atoms with E-state index in [2.05, 4.69) is 13.5 Å². The molecule has 0 aromatic carbocycles. The van der Waals surface area contributed by atoms with E-state index in [4.69, 9.17) is 5.11 Å². The Morgan fingerprint density at radius 3 is 2.29 bits per heavy atom. The molecule has 1 rings (SSSR count). The van der Waals surface area contributed by atoms with Crippen LogP contribution in [0.5, 0.6) is 0 Å². The number of aliphatic carboxylic acids is 1. The van der Waals surface area contributed by atoms with Crippen molar-refractivity contribution >= 4 is 14.0 Å². The number of hydrogen-bond donors (Lipinski definition) is 1. The highest BCUT2D eigenvalue weighted by Crippen LogP contribution is 2.36. The van der Waals surface area contributed by atoms with Gasteiger partial charge >= 0.3 is 5.97 Å². The SMILES string of the molecule is CCCCCCC[Si@]1(C)CC[C@@H](C(=O)O)CC1. The van der Waals surface area contributed by atoms with Crippen LogP contribution in [0.1, 0.15) is 51.9 Å². The van der Waals surface area contributed by atoms with Crippen LogP contribution in [0.15, 0.2) is 0 Å². The summed E-state index contributed by atoms with van der Waals surface area (Å²) < 4.78 is 0. The van der Waals surface area contributed by atoms with Crippen molar-refractivity contribution in [3.8, 4) is 0 Å². The van der Waals surface area contributed by atoms with Crippen LogP contribution in [0.2, 0.25) is 24.7 Å². The zero-order valence-corrected chi connectivity index (χ0v) is 12.5. The molecule has 0 atom stereocenters. The molecule has 1 aliphatic heterocycles. The highest BCUT2D eigenvalue weighted by molar-refractivity contribution is 6.78. The minimum atomic E-state index is -1.05. The molecule has 0 amide bonds. The van der Waals surface area contributed by atoms with Gasteiger partial charge in [0, 0.05) is 0 Å². The molecule has 2 nitrogen and oxygen atoms in total. The van der Waals surface area contributed by atoms with E-state index in [9.17, 15) is 4.79 Å². The Kier molecular flexibility index (Phi) is 6.24. The third kappa shape index (κ3) is 5.24. The Balaban J connectivity index is 2.18. The third-order valence-electron chi connectivity index (χ3n) is 4.43. The predicted octanol–water partition coefficient (Wildman–Crippen LogP) is 4.53. The van der Waals surface area contributed by atoms with Gasteiger partial charge in [0.2, 0.25) is 0 Å². The van der Waals surface area contributed by atoms with Gasteiger partial charge in [0.1, 0.15) is 0 Å². The van der Waals surface area contributed by atoms with Crippen LogP contribution in [-0.4, -0.2) is 19.1 Å². The minimum Gasteiger partial charge on any atom is -0.481 e. The number of unbranched alkanes of at least 4 members (excludes halogenated alkanes) is 4. The van der Waals surface area contributed by atoms with Crippen molar-refractivity contribution in [3.63, 3.8) is 0 Å². The lowest BCUT2D eigenvalue weighted by molar-refractivity contribution is -0.142. The molecule has 100 valence electrons. The predicted molar refractivity (Wildman–Crippen MR) is 75.2 cm³/mol. The van der Waals surface area contributed by atoms with Gasteiger partial charge in [-0.25, -0.2) is 0 Å². The monoisotopic (exact) mass is 256 g/mol. The van der Waals surface area contributed by atoms with E-state index < -0.39 is 14.0 Å². The fourth-order valence-electron chi connectivity index (χ4n) is 2.97. The highest BCUT2D eigenvalue weighted by atomic mass is 28.3. The molecule has 0 spiro atoms. The Hall–Kier alpha value is -0.313. The van der Waals surface area contributed by atoms with Crippen molar-refractivity contribution in [2.24, 2.45) is 5.92 Å². The fraction of sp³-hybridized carbons (Fsp3) is 0.929. The van der Waals surface area contributed by atoms with E-state index in [0.29, 0.717) is 0 Å². The highest BCUT2D eigenvalue weighted by Gasteiger charge is 2.34.